The highest BCUT2D eigenvalue weighted by Gasteiger charge is 2.26. The topological polar surface area (TPSA) is 93.2 Å². The third-order valence-electron chi connectivity index (χ3n) is 5.66. The van der Waals surface area contributed by atoms with Gasteiger partial charge in [-0.25, -0.2) is 9.37 Å². The lowest BCUT2D eigenvalue weighted by Gasteiger charge is -2.39. The number of hydrogen-bond acceptors (Lipinski definition) is 7. The second kappa shape index (κ2) is 10.0. The SMILES string of the molecule is Cc1ccc(/C=C/C(=O)N2CCN(Cc3coc(CF)n3)C[C@H]2C)c(Cn2nnc(C)n2)c1. The van der Waals surface area contributed by atoms with Crippen LogP contribution in [0.1, 0.15) is 41.0 Å². The molecule has 0 N–H and O–H groups in total. The standard InChI is InChI=1S/C23H28FN7O2/c1-16-4-5-19(20(10-16)13-31-27-18(3)26-28-31)6-7-23(32)30-9-8-29(12-17(30)2)14-21-15-33-22(11-24)25-21/h4-7,10,15,17H,8-9,11-14H2,1-3H3/b7-6+/t17-/m1/s1. The van der Waals surface area contributed by atoms with Crippen LogP contribution in [0.5, 0.6) is 0 Å². The normalized spacial score (nSPS) is 17.2. The van der Waals surface area contributed by atoms with Crippen LogP contribution in [0.25, 0.3) is 6.08 Å². The third kappa shape index (κ3) is 5.70. The summed E-state index contributed by atoms with van der Waals surface area (Å²) in [6.07, 6.45) is 4.98. The van der Waals surface area contributed by atoms with E-state index in [0.717, 1.165) is 23.2 Å². The predicted octanol–water partition coefficient (Wildman–Crippen LogP) is 2.54. The number of carbonyl (C=O) groups excluding carboxylic acids is 1. The lowest BCUT2D eigenvalue weighted by Crippen LogP contribution is -2.53. The summed E-state index contributed by atoms with van der Waals surface area (Å²) in [6, 6.07) is 6.14. The largest absolute Gasteiger partial charge is 0.446 e. The van der Waals surface area contributed by atoms with Gasteiger partial charge in [-0.3, -0.25) is 9.69 Å². The van der Waals surface area contributed by atoms with Gasteiger partial charge in [-0.1, -0.05) is 23.8 Å². The number of rotatable bonds is 7. The minimum absolute atomic E-state index is 0.0236. The molecule has 3 heterocycles. The number of tetrazole rings is 1. The first-order valence-corrected chi connectivity index (χ1v) is 11.0. The molecule has 1 aromatic carbocycles. The van der Waals surface area contributed by atoms with Gasteiger partial charge < -0.3 is 9.32 Å². The number of nitrogens with zero attached hydrogens (tertiary/aromatic N) is 7. The molecule has 4 rings (SSSR count). The maximum Gasteiger partial charge on any atom is 0.246 e. The van der Waals surface area contributed by atoms with E-state index < -0.39 is 6.67 Å². The van der Waals surface area contributed by atoms with Crippen molar-refractivity contribution in [3.63, 3.8) is 0 Å². The minimum Gasteiger partial charge on any atom is -0.446 e. The van der Waals surface area contributed by atoms with E-state index >= 15 is 0 Å². The highest BCUT2D eigenvalue weighted by atomic mass is 19.1. The maximum atomic E-state index is 12.9. The first kappa shape index (κ1) is 22.8. The molecule has 2 aromatic heterocycles. The van der Waals surface area contributed by atoms with Crippen LogP contribution >= 0.6 is 0 Å². The van der Waals surface area contributed by atoms with Gasteiger partial charge in [-0.2, -0.15) is 4.80 Å². The molecule has 1 amide bonds. The minimum atomic E-state index is -0.706. The van der Waals surface area contributed by atoms with Gasteiger partial charge in [0.2, 0.25) is 11.8 Å². The summed E-state index contributed by atoms with van der Waals surface area (Å²) >= 11 is 0. The smallest absolute Gasteiger partial charge is 0.246 e. The Bertz CT molecular complexity index is 1140. The molecule has 0 spiro atoms. The Balaban J connectivity index is 1.38. The van der Waals surface area contributed by atoms with E-state index in [2.05, 4.69) is 31.4 Å². The van der Waals surface area contributed by atoms with E-state index in [1.807, 2.05) is 37.0 Å². The van der Waals surface area contributed by atoms with Crippen LogP contribution in [0.2, 0.25) is 0 Å². The van der Waals surface area contributed by atoms with Gasteiger partial charge in [0.1, 0.15) is 6.26 Å². The van der Waals surface area contributed by atoms with Crippen molar-refractivity contribution in [3.05, 3.63) is 64.6 Å². The van der Waals surface area contributed by atoms with Gasteiger partial charge >= 0.3 is 0 Å². The third-order valence-corrected chi connectivity index (χ3v) is 5.66. The molecular weight excluding hydrogens is 425 g/mol. The van der Waals surface area contributed by atoms with Gasteiger partial charge in [0.15, 0.2) is 12.5 Å². The van der Waals surface area contributed by atoms with E-state index in [-0.39, 0.29) is 17.8 Å². The quantitative estimate of drug-likeness (QED) is 0.508. The molecule has 0 saturated carbocycles. The Morgan fingerprint density at radius 3 is 2.82 bits per heavy atom. The van der Waals surface area contributed by atoms with Crippen molar-refractivity contribution in [3.8, 4) is 0 Å². The van der Waals surface area contributed by atoms with E-state index in [0.29, 0.717) is 37.7 Å². The lowest BCUT2D eigenvalue weighted by molar-refractivity contribution is -0.130. The van der Waals surface area contributed by atoms with Crippen molar-refractivity contribution in [1.82, 2.24) is 35.0 Å². The zero-order valence-corrected chi connectivity index (χ0v) is 19.1. The molecule has 0 unspecified atom stereocenters. The number of amides is 1. The fraction of sp³-hybridized carbons (Fsp3) is 0.435. The number of piperazine rings is 1. The number of oxazole rings is 1. The zero-order valence-electron chi connectivity index (χ0n) is 19.1. The van der Waals surface area contributed by atoms with Crippen molar-refractivity contribution >= 4 is 12.0 Å². The zero-order chi connectivity index (χ0) is 23.4. The summed E-state index contributed by atoms with van der Waals surface area (Å²) in [4.78, 5) is 22.7. The molecule has 1 saturated heterocycles. The molecule has 1 aliphatic heterocycles. The summed E-state index contributed by atoms with van der Waals surface area (Å²) in [5.74, 6) is 0.696. The molecule has 0 radical (unpaired) electrons. The predicted molar refractivity (Wildman–Crippen MR) is 120 cm³/mol. The molecule has 1 atom stereocenters. The summed E-state index contributed by atoms with van der Waals surface area (Å²) in [6.45, 7) is 8.26. The highest BCUT2D eigenvalue weighted by molar-refractivity contribution is 5.92. The lowest BCUT2D eigenvalue weighted by atomic mass is 10.0. The number of halogens is 1. The molecule has 0 bridgehead atoms. The molecular formula is C23H28FN7O2. The Kier molecular flexibility index (Phi) is 6.93. The number of aryl methyl sites for hydroxylation is 2. The maximum absolute atomic E-state index is 12.9. The molecule has 33 heavy (non-hydrogen) atoms. The molecule has 1 fully saturated rings. The fourth-order valence-electron chi connectivity index (χ4n) is 4.05. The van der Waals surface area contributed by atoms with Crippen LogP contribution in [-0.2, 0) is 24.6 Å². The van der Waals surface area contributed by atoms with Crippen LogP contribution in [0.4, 0.5) is 4.39 Å². The average molecular weight is 454 g/mol. The Labute approximate surface area is 191 Å². The van der Waals surface area contributed by atoms with Crippen LogP contribution in [-0.4, -0.2) is 66.6 Å². The van der Waals surface area contributed by atoms with Gasteiger partial charge in [0.05, 0.1) is 12.2 Å². The van der Waals surface area contributed by atoms with Gasteiger partial charge in [-0.05, 0) is 43.2 Å². The first-order chi connectivity index (χ1) is 15.9. The van der Waals surface area contributed by atoms with E-state index in [1.54, 1.807) is 17.8 Å². The van der Waals surface area contributed by atoms with Crippen LogP contribution < -0.4 is 0 Å². The molecule has 0 aliphatic carbocycles. The molecule has 9 nitrogen and oxygen atoms in total. The molecule has 1 aliphatic rings. The number of alkyl halides is 1. The van der Waals surface area contributed by atoms with Crippen molar-refractivity contribution in [1.29, 1.82) is 0 Å². The van der Waals surface area contributed by atoms with E-state index in [9.17, 15) is 9.18 Å². The van der Waals surface area contributed by atoms with Gasteiger partial charge in [0.25, 0.3) is 0 Å². The first-order valence-electron chi connectivity index (χ1n) is 11.0. The monoisotopic (exact) mass is 453 g/mol. The second-order valence-electron chi connectivity index (χ2n) is 8.38. The average Bonchev–Trinajstić information content (AvgIpc) is 3.41. The summed E-state index contributed by atoms with van der Waals surface area (Å²) in [7, 11) is 0. The van der Waals surface area contributed by atoms with Crippen LogP contribution in [0, 0.1) is 13.8 Å². The Morgan fingerprint density at radius 2 is 2.12 bits per heavy atom. The Morgan fingerprint density at radius 1 is 1.27 bits per heavy atom. The second-order valence-corrected chi connectivity index (χ2v) is 8.38. The summed E-state index contributed by atoms with van der Waals surface area (Å²) < 4.78 is 17.7. The van der Waals surface area contributed by atoms with Crippen molar-refractivity contribution in [2.24, 2.45) is 0 Å². The number of carbonyl (C=O) groups is 1. The molecule has 10 heteroatoms. The fourth-order valence-corrected chi connectivity index (χ4v) is 4.05. The van der Waals surface area contributed by atoms with Gasteiger partial charge in [0, 0.05) is 38.3 Å². The number of benzene rings is 1. The van der Waals surface area contributed by atoms with Crippen LogP contribution in [0.3, 0.4) is 0 Å². The number of hydrogen-bond donors (Lipinski definition) is 0. The molecule has 174 valence electrons. The highest BCUT2D eigenvalue weighted by Crippen LogP contribution is 2.17. The Hall–Kier alpha value is -3.40. The summed E-state index contributed by atoms with van der Waals surface area (Å²) in [5, 5.41) is 12.2. The number of aromatic nitrogens is 5. The van der Waals surface area contributed by atoms with Crippen molar-refractivity contribution in [2.75, 3.05) is 19.6 Å². The molecule has 3 aromatic rings. The van der Waals surface area contributed by atoms with Crippen molar-refractivity contribution < 1.29 is 13.6 Å². The summed E-state index contributed by atoms with van der Waals surface area (Å²) in [5.41, 5.74) is 3.80. The van der Waals surface area contributed by atoms with Gasteiger partial charge in [-0.15, -0.1) is 10.2 Å². The van der Waals surface area contributed by atoms with Crippen molar-refractivity contribution in [2.45, 2.75) is 46.6 Å². The van der Waals surface area contributed by atoms with E-state index in [1.165, 1.54) is 6.26 Å². The van der Waals surface area contributed by atoms with E-state index in [4.69, 9.17) is 4.42 Å². The van der Waals surface area contributed by atoms with Crippen LogP contribution in [0.15, 0.2) is 35.0 Å².